The molecule has 2 N–H and O–H groups in total. The van der Waals surface area contributed by atoms with Crippen LogP contribution >= 0.6 is 23.4 Å². The molecule has 6 heteroatoms. The van der Waals surface area contributed by atoms with Gasteiger partial charge < -0.3 is 10.1 Å². The average molecular weight is 269 g/mol. The summed E-state index contributed by atoms with van der Waals surface area (Å²) in [5.41, 5.74) is 0.496. The fourth-order valence-corrected chi connectivity index (χ4v) is 2.34. The highest BCUT2D eigenvalue weighted by atomic mass is 35.5. The van der Waals surface area contributed by atoms with E-state index in [1.165, 1.54) is 24.0 Å². The summed E-state index contributed by atoms with van der Waals surface area (Å²) in [6.07, 6.45) is 1.44. The largest absolute Gasteiger partial charge is 0.392 e. The molecule has 0 atom stereocenters. The minimum Gasteiger partial charge on any atom is -0.392 e. The number of nitrogens with zero attached hydrogens (tertiary/aromatic N) is 1. The highest BCUT2D eigenvalue weighted by Crippen LogP contribution is 2.29. The second-order valence-corrected chi connectivity index (χ2v) is 4.72. The lowest BCUT2D eigenvalue weighted by Gasteiger charge is -2.06. The first-order valence-corrected chi connectivity index (χ1v) is 6.01. The SMILES string of the molecule is O=c1ccnc(Sc2ccc(Cl)cc2CO)[nH]1. The average Bonchev–Trinajstić information content (AvgIpc) is 2.31. The van der Waals surface area contributed by atoms with Crippen LogP contribution in [0.5, 0.6) is 0 Å². The molecule has 0 aliphatic heterocycles. The molecule has 0 unspecified atom stereocenters. The first-order chi connectivity index (χ1) is 8.19. The quantitative estimate of drug-likeness (QED) is 0.837. The molecular formula is C11H9ClN2O2S. The number of benzene rings is 1. The first kappa shape index (κ1) is 12.2. The van der Waals surface area contributed by atoms with E-state index in [1.807, 2.05) is 0 Å². The molecule has 88 valence electrons. The Morgan fingerprint density at radius 2 is 2.24 bits per heavy atom. The molecule has 0 aliphatic rings. The molecule has 2 rings (SSSR count). The van der Waals surface area contributed by atoms with Gasteiger partial charge in [-0.15, -0.1) is 0 Å². The molecule has 17 heavy (non-hydrogen) atoms. The molecule has 0 amide bonds. The summed E-state index contributed by atoms with van der Waals surface area (Å²) < 4.78 is 0. The van der Waals surface area contributed by atoms with E-state index in [2.05, 4.69) is 9.97 Å². The van der Waals surface area contributed by atoms with Crippen LogP contribution in [0.25, 0.3) is 0 Å². The van der Waals surface area contributed by atoms with Crippen molar-refractivity contribution in [3.05, 3.63) is 51.4 Å². The van der Waals surface area contributed by atoms with Crippen LogP contribution in [-0.2, 0) is 6.61 Å². The van der Waals surface area contributed by atoms with Crippen LogP contribution in [0, 0.1) is 0 Å². The van der Waals surface area contributed by atoms with E-state index in [9.17, 15) is 9.90 Å². The normalized spacial score (nSPS) is 10.5. The lowest BCUT2D eigenvalue weighted by Crippen LogP contribution is -2.05. The smallest absolute Gasteiger partial charge is 0.251 e. The van der Waals surface area contributed by atoms with Gasteiger partial charge in [-0.05, 0) is 23.8 Å². The van der Waals surface area contributed by atoms with Gasteiger partial charge in [-0.3, -0.25) is 4.79 Å². The summed E-state index contributed by atoms with van der Waals surface area (Å²) in [5, 5.41) is 10.3. The molecule has 0 spiro atoms. The number of aliphatic hydroxyl groups is 1. The predicted molar refractivity (Wildman–Crippen MR) is 66.4 cm³/mol. The van der Waals surface area contributed by atoms with Gasteiger partial charge in [0.15, 0.2) is 5.16 Å². The Morgan fingerprint density at radius 1 is 1.41 bits per heavy atom. The number of rotatable bonds is 3. The van der Waals surface area contributed by atoms with E-state index in [1.54, 1.807) is 18.2 Å². The minimum absolute atomic E-state index is 0.111. The summed E-state index contributed by atoms with van der Waals surface area (Å²) in [4.78, 5) is 18.5. The summed E-state index contributed by atoms with van der Waals surface area (Å²) in [7, 11) is 0. The van der Waals surface area contributed by atoms with E-state index < -0.39 is 0 Å². The van der Waals surface area contributed by atoms with Gasteiger partial charge in [-0.25, -0.2) is 4.98 Å². The maximum absolute atomic E-state index is 11.1. The van der Waals surface area contributed by atoms with E-state index in [-0.39, 0.29) is 12.2 Å². The molecular weight excluding hydrogens is 260 g/mol. The van der Waals surface area contributed by atoms with Crippen LogP contribution in [0.3, 0.4) is 0 Å². The van der Waals surface area contributed by atoms with Crippen LogP contribution in [0.15, 0.2) is 45.3 Å². The maximum atomic E-state index is 11.1. The molecule has 0 saturated heterocycles. The van der Waals surface area contributed by atoms with Crippen LogP contribution < -0.4 is 5.56 Å². The Morgan fingerprint density at radius 3 is 2.94 bits per heavy atom. The lowest BCUT2D eigenvalue weighted by molar-refractivity contribution is 0.279. The van der Waals surface area contributed by atoms with E-state index >= 15 is 0 Å². The number of nitrogens with one attached hydrogen (secondary N) is 1. The minimum atomic E-state index is -0.206. The van der Waals surface area contributed by atoms with Crippen molar-refractivity contribution in [1.82, 2.24) is 9.97 Å². The van der Waals surface area contributed by atoms with Crippen molar-refractivity contribution in [3.63, 3.8) is 0 Å². The van der Waals surface area contributed by atoms with Crippen molar-refractivity contribution in [3.8, 4) is 0 Å². The van der Waals surface area contributed by atoms with Crippen molar-refractivity contribution in [2.75, 3.05) is 0 Å². The standard InChI is InChI=1S/C11H9ClN2O2S/c12-8-1-2-9(7(5-8)6-15)17-11-13-4-3-10(16)14-11/h1-5,15H,6H2,(H,13,14,16). The topological polar surface area (TPSA) is 66.0 Å². The summed E-state index contributed by atoms with van der Waals surface area (Å²) in [6.45, 7) is -0.111. The van der Waals surface area contributed by atoms with Crippen LogP contribution in [0.2, 0.25) is 5.02 Å². The second-order valence-electron chi connectivity index (χ2n) is 3.25. The third-order valence-corrected chi connectivity index (χ3v) is 3.30. The van der Waals surface area contributed by atoms with Gasteiger partial charge in [-0.1, -0.05) is 23.4 Å². The van der Waals surface area contributed by atoms with Crippen LogP contribution in [-0.4, -0.2) is 15.1 Å². The lowest BCUT2D eigenvalue weighted by atomic mass is 10.2. The summed E-state index contributed by atoms with van der Waals surface area (Å²) in [6, 6.07) is 6.54. The zero-order chi connectivity index (χ0) is 12.3. The molecule has 1 heterocycles. The molecule has 0 fully saturated rings. The predicted octanol–water partition coefficient (Wildman–Crippen LogP) is 2.07. The number of hydrogen-bond donors (Lipinski definition) is 2. The summed E-state index contributed by atoms with van der Waals surface area (Å²) in [5.74, 6) is 0. The summed E-state index contributed by atoms with van der Waals surface area (Å²) >= 11 is 7.11. The number of H-pyrrole nitrogens is 1. The number of aromatic nitrogens is 2. The van der Waals surface area contributed by atoms with E-state index in [0.717, 1.165) is 4.90 Å². The zero-order valence-electron chi connectivity index (χ0n) is 8.68. The van der Waals surface area contributed by atoms with Gasteiger partial charge in [0, 0.05) is 22.2 Å². The van der Waals surface area contributed by atoms with Gasteiger partial charge in [0.05, 0.1) is 6.61 Å². The fraction of sp³-hybridized carbons (Fsp3) is 0.0909. The Hall–Kier alpha value is -1.30. The number of aliphatic hydroxyl groups excluding tert-OH is 1. The highest BCUT2D eigenvalue weighted by Gasteiger charge is 2.06. The molecule has 0 aliphatic carbocycles. The second kappa shape index (κ2) is 5.35. The molecule has 0 bridgehead atoms. The Bertz CT molecular complexity index is 586. The van der Waals surface area contributed by atoms with E-state index in [0.29, 0.717) is 15.7 Å². The van der Waals surface area contributed by atoms with Crippen molar-refractivity contribution in [2.45, 2.75) is 16.7 Å². The Labute approximate surface area is 107 Å². The first-order valence-electron chi connectivity index (χ1n) is 4.81. The van der Waals surface area contributed by atoms with Crippen molar-refractivity contribution in [2.24, 2.45) is 0 Å². The van der Waals surface area contributed by atoms with Crippen molar-refractivity contribution < 1.29 is 5.11 Å². The molecule has 1 aromatic carbocycles. The van der Waals surface area contributed by atoms with Gasteiger partial charge in [0.1, 0.15) is 0 Å². The molecule has 4 nitrogen and oxygen atoms in total. The zero-order valence-corrected chi connectivity index (χ0v) is 10.3. The molecule has 1 aromatic heterocycles. The molecule has 2 aromatic rings. The van der Waals surface area contributed by atoms with Gasteiger partial charge in [-0.2, -0.15) is 0 Å². The number of hydrogen-bond acceptors (Lipinski definition) is 4. The third-order valence-electron chi connectivity index (χ3n) is 2.05. The number of halogens is 1. The van der Waals surface area contributed by atoms with Crippen LogP contribution in [0.1, 0.15) is 5.56 Å². The molecule has 0 saturated carbocycles. The monoisotopic (exact) mass is 268 g/mol. The van der Waals surface area contributed by atoms with Crippen molar-refractivity contribution in [1.29, 1.82) is 0 Å². The highest BCUT2D eigenvalue weighted by molar-refractivity contribution is 7.99. The van der Waals surface area contributed by atoms with Crippen molar-refractivity contribution >= 4 is 23.4 Å². The van der Waals surface area contributed by atoms with E-state index in [4.69, 9.17) is 11.6 Å². The fourth-order valence-electron chi connectivity index (χ4n) is 1.28. The Balaban J connectivity index is 2.33. The van der Waals surface area contributed by atoms with Crippen LogP contribution in [0.4, 0.5) is 0 Å². The molecule has 0 radical (unpaired) electrons. The van der Waals surface area contributed by atoms with Gasteiger partial charge in [0.25, 0.3) is 5.56 Å². The maximum Gasteiger partial charge on any atom is 0.251 e. The van der Waals surface area contributed by atoms with Gasteiger partial charge in [0.2, 0.25) is 0 Å². The number of aromatic amines is 1. The Kier molecular flexibility index (Phi) is 3.83. The van der Waals surface area contributed by atoms with Gasteiger partial charge >= 0.3 is 0 Å². The third kappa shape index (κ3) is 3.09.